The quantitative estimate of drug-likeness (QED) is 0.851. The third-order valence-corrected chi connectivity index (χ3v) is 5.04. The second kappa shape index (κ2) is 8.74. The van der Waals surface area contributed by atoms with Crippen molar-refractivity contribution in [2.75, 3.05) is 13.1 Å². The van der Waals surface area contributed by atoms with Crippen molar-refractivity contribution in [3.8, 4) is 0 Å². The van der Waals surface area contributed by atoms with Gasteiger partial charge in [0.2, 0.25) is 11.8 Å². The second-order valence-electron chi connectivity index (χ2n) is 6.93. The number of rotatable bonds is 4. The Balaban J connectivity index is 1.52. The molecule has 2 heterocycles. The lowest BCUT2D eigenvalue weighted by atomic mass is 9.93. The molecule has 25 heavy (non-hydrogen) atoms. The van der Waals surface area contributed by atoms with Crippen LogP contribution in [0.5, 0.6) is 0 Å². The number of likely N-dealkylation sites (tertiary alicyclic amines) is 1. The molecule has 1 N–H and O–H groups in total. The molecule has 0 radical (unpaired) electrons. The van der Waals surface area contributed by atoms with Crippen molar-refractivity contribution in [1.82, 2.24) is 20.2 Å². The molecule has 6 nitrogen and oxygen atoms in total. The van der Waals surface area contributed by atoms with Gasteiger partial charge in [-0.1, -0.05) is 19.3 Å². The SMILES string of the molecule is O=C(NC1CCCCC1)C1CCCN(C(=O)/C=C/c2cnccn2)C1. The molecular formula is C19H26N4O2. The van der Waals surface area contributed by atoms with E-state index >= 15 is 0 Å². The van der Waals surface area contributed by atoms with Crippen molar-refractivity contribution < 1.29 is 9.59 Å². The van der Waals surface area contributed by atoms with Crippen molar-refractivity contribution in [2.24, 2.45) is 5.92 Å². The summed E-state index contributed by atoms with van der Waals surface area (Å²) < 4.78 is 0. The standard InChI is InChI=1S/C19H26N4O2/c24-18(9-8-17-13-20-10-11-21-17)23-12-4-5-15(14-23)19(25)22-16-6-2-1-3-7-16/h8-11,13,15-16H,1-7,12,14H2,(H,22,25)/b9-8+. The lowest BCUT2D eigenvalue weighted by Gasteiger charge is -2.33. The fourth-order valence-corrected chi connectivity index (χ4v) is 3.62. The minimum atomic E-state index is -0.0930. The largest absolute Gasteiger partial charge is 0.353 e. The van der Waals surface area contributed by atoms with Gasteiger partial charge in [-0.15, -0.1) is 0 Å². The molecule has 2 aliphatic rings. The Hall–Kier alpha value is -2.24. The van der Waals surface area contributed by atoms with E-state index in [4.69, 9.17) is 0 Å². The fraction of sp³-hybridized carbons (Fsp3) is 0.579. The summed E-state index contributed by atoms with van der Waals surface area (Å²) in [6, 6.07) is 0.323. The van der Waals surface area contributed by atoms with Crippen LogP contribution in [-0.4, -0.2) is 45.8 Å². The number of amides is 2. The lowest BCUT2D eigenvalue weighted by Crippen LogP contribution is -2.47. The summed E-state index contributed by atoms with van der Waals surface area (Å²) in [5.41, 5.74) is 0.652. The number of hydrogen-bond acceptors (Lipinski definition) is 4. The number of hydrogen-bond donors (Lipinski definition) is 1. The summed E-state index contributed by atoms with van der Waals surface area (Å²) in [6.45, 7) is 1.21. The van der Waals surface area contributed by atoms with Crippen molar-refractivity contribution >= 4 is 17.9 Å². The molecule has 3 rings (SSSR count). The normalized spacial score (nSPS) is 22.1. The lowest BCUT2D eigenvalue weighted by molar-refractivity contribution is -0.132. The van der Waals surface area contributed by atoms with Crippen LogP contribution < -0.4 is 5.32 Å². The van der Waals surface area contributed by atoms with E-state index in [1.54, 1.807) is 29.6 Å². The van der Waals surface area contributed by atoms with Gasteiger partial charge in [0.1, 0.15) is 0 Å². The summed E-state index contributed by atoms with van der Waals surface area (Å²) in [5.74, 6) is -0.0485. The Morgan fingerprint density at radius 1 is 1.12 bits per heavy atom. The third-order valence-electron chi connectivity index (χ3n) is 5.04. The number of aromatic nitrogens is 2. The van der Waals surface area contributed by atoms with Crippen LogP contribution in [-0.2, 0) is 9.59 Å². The Bertz CT molecular complexity index is 611. The number of carbonyl (C=O) groups excluding carboxylic acids is 2. The van der Waals surface area contributed by atoms with Crippen LogP contribution in [0.1, 0.15) is 50.6 Å². The molecular weight excluding hydrogens is 316 g/mol. The molecule has 134 valence electrons. The molecule has 0 bridgehead atoms. The van der Waals surface area contributed by atoms with E-state index in [1.807, 2.05) is 0 Å². The van der Waals surface area contributed by atoms with Gasteiger partial charge in [0.25, 0.3) is 0 Å². The van der Waals surface area contributed by atoms with Crippen LogP contribution in [0.3, 0.4) is 0 Å². The van der Waals surface area contributed by atoms with Crippen molar-refractivity contribution in [2.45, 2.75) is 51.0 Å². The summed E-state index contributed by atoms with van der Waals surface area (Å²) in [6.07, 6.45) is 15.6. The van der Waals surface area contributed by atoms with Gasteiger partial charge in [-0.25, -0.2) is 0 Å². The molecule has 1 atom stereocenters. The van der Waals surface area contributed by atoms with Gasteiger partial charge < -0.3 is 10.2 Å². The number of piperidine rings is 1. The smallest absolute Gasteiger partial charge is 0.246 e. The molecule has 2 fully saturated rings. The highest BCUT2D eigenvalue weighted by molar-refractivity contribution is 5.92. The number of carbonyl (C=O) groups is 2. The Kier molecular flexibility index (Phi) is 6.14. The molecule has 6 heteroatoms. The first-order valence-electron chi connectivity index (χ1n) is 9.26. The zero-order valence-electron chi connectivity index (χ0n) is 14.6. The van der Waals surface area contributed by atoms with Gasteiger partial charge in [0.05, 0.1) is 17.8 Å². The highest BCUT2D eigenvalue weighted by Crippen LogP contribution is 2.21. The summed E-state index contributed by atoms with van der Waals surface area (Å²) in [7, 11) is 0. The van der Waals surface area contributed by atoms with Gasteiger partial charge in [-0.05, 0) is 31.8 Å². The van der Waals surface area contributed by atoms with Gasteiger partial charge in [-0.3, -0.25) is 19.6 Å². The first kappa shape index (κ1) is 17.6. The molecule has 1 aromatic rings. The fourth-order valence-electron chi connectivity index (χ4n) is 3.62. The maximum atomic E-state index is 12.5. The topological polar surface area (TPSA) is 75.2 Å². The monoisotopic (exact) mass is 342 g/mol. The van der Waals surface area contributed by atoms with Crippen LogP contribution in [0, 0.1) is 5.92 Å². The first-order valence-corrected chi connectivity index (χ1v) is 9.26. The van der Waals surface area contributed by atoms with E-state index in [1.165, 1.54) is 25.3 Å². The van der Waals surface area contributed by atoms with Crippen molar-refractivity contribution in [3.05, 3.63) is 30.4 Å². The van der Waals surface area contributed by atoms with E-state index in [0.717, 1.165) is 25.7 Å². The molecule has 0 aromatic carbocycles. The van der Waals surface area contributed by atoms with Crippen molar-refractivity contribution in [3.63, 3.8) is 0 Å². The van der Waals surface area contributed by atoms with Crippen molar-refractivity contribution in [1.29, 1.82) is 0 Å². The van der Waals surface area contributed by atoms with Crippen LogP contribution in [0.4, 0.5) is 0 Å². The highest BCUT2D eigenvalue weighted by Gasteiger charge is 2.29. The van der Waals surface area contributed by atoms with Crippen LogP contribution in [0.15, 0.2) is 24.7 Å². The Labute approximate surface area is 148 Å². The van der Waals surface area contributed by atoms with Gasteiger partial charge in [0, 0.05) is 37.6 Å². The van der Waals surface area contributed by atoms with E-state index in [9.17, 15) is 9.59 Å². The highest BCUT2D eigenvalue weighted by atomic mass is 16.2. The van der Waals surface area contributed by atoms with Gasteiger partial charge >= 0.3 is 0 Å². The molecule has 1 aliphatic carbocycles. The summed E-state index contributed by atoms with van der Waals surface area (Å²) in [5, 5.41) is 3.19. The zero-order chi connectivity index (χ0) is 17.5. The number of nitrogens with one attached hydrogen (secondary N) is 1. The predicted octanol–water partition coefficient (Wildman–Crippen LogP) is 2.18. The maximum Gasteiger partial charge on any atom is 0.246 e. The minimum absolute atomic E-state index is 0.0687. The van der Waals surface area contributed by atoms with Crippen LogP contribution in [0.25, 0.3) is 6.08 Å². The molecule has 2 amide bonds. The average Bonchev–Trinajstić information content (AvgIpc) is 2.68. The average molecular weight is 342 g/mol. The van der Waals surface area contributed by atoms with Gasteiger partial charge in [-0.2, -0.15) is 0 Å². The van der Waals surface area contributed by atoms with E-state index in [0.29, 0.717) is 24.8 Å². The zero-order valence-corrected chi connectivity index (χ0v) is 14.6. The van der Waals surface area contributed by atoms with E-state index < -0.39 is 0 Å². The molecule has 1 aromatic heterocycles. The molecule has 0 spiro atoms. The minimum Gasteiger partial charge on any atom is -0.353 e. The second-order valence-corrected chi connectivity index (χ2v) is 6.93. The van der Waals surface area contributed by atoms with E-state index in [-0.39, 0.29) is 17.7 Å². The summed E-state index contributed by atoms with van der Waals surface area (Å²) in [4.78, 5) is 34.8. The van der Waals surface area contributed by atoms with Crippen LogP contribution in [0.2, 0.25) is 0 Å². The molecule has 1 unspecified atom stereocenters. The molecule has 1 saturated heterocycles. The van der Waals surface area contributed by atoms with E-state index in [2.05, 4.69) is 15.3 Å². The predicted molar refractivity (Wildman–Crippen MR) is 95.4 cm³/mol. The Morgan fingerprint density at radius 2 is 1.96 bits per heavy atom. The summed E-state index contributed by atoms with van der Waals surface area (Å²) >= 11 is 0. The molecule has 1 aliphatic heterocycles. The Morgan fingerprint density at radius 3 is 2.72 bits per heavy atom. The maximum absolute atomic E-state index is 12.5. The third kappa shape index (κ3) is 5.11. The first-order chi connectivity index (χ1) is 12.2. The van der Waals surface area contributed by atoms with Gasteiger partial charge in [0.15, 0.2) is 0 Å². The molecule has 1 saturated carbocycles. The van der Waals surface area contributed by atoms with Crippen LogP contribution >= 0.6 is 0 Å². The number of nitrogens with zero attached hydrogens (tertiary/aromatic N) is 3.